The van der Waals surface area contributed by atoms with Crippen LogP contribution in [0.2, 0.25) is 0 Å². The summed E-state index contributed by atoms with van der Waals surface area (Å²) < 4.78 is 4.85. The highest BCUT2D eigenvalue weighted by Crippen LogP contribution is 2.28. The van der Waals surface area contributed by atoms with Crippen molar-refractivity contribution in [2.75, 3.05) is 0 Å². The third-order valence-electron chi connectivity index (χ3n) is 2.76. The van der Waals surface area contributed by atoms with E-state index in [0.29, 0.717) is 5.69 Å². The Morgan fingerprint density at radius 3 is 2.64 bits per heavy atom. The van der Waals surface area contributed by atoms with Gasteiger partial charge in [-0.25, -0.2) is 14.6 Å². The molecule has 0 fully saturated rings. The summed E-state index contributed by atoms with van der Waals surface area (Å²) >= 11 is 0. The molecule has 9 nitrogen and oxygen atoms in total. The van der Waals surface area contributed by atoms with Gasteiger partial charge < -0.3 is 14.8 Å². The maximum atomic E-state index is 11.9. The summed E-state index contributed by atoms with van der Waals surface area (Å²) in [5, 5.41) is 20.2. The largest absolute Gasteiger partial charge is 0.478 e. The molecule has 1 aromatic carbocycles. The van der Waals surface area contributed by atoms with E-state index in [1.54, 1.807) is 6.92 Å². The van der Waals surface area contributed by atoms with E-state index in [0.717, 1.165) is 6.07 Å². The van der Waals surface area contributed by atoms with Gasteiger partial charge in [0.05, 0.1) is 16.2 Å². The van der Waals surface area contributed by atoms with Crippen molar-refractivity contribution in [3.8, 4) is 0 Å². The van der Waals surface area contributed by atoms with Crippen molar-refractivity contribution in [1.29, 1.82) is 0 Å². The van der Waals surface area contributed by atoms with Gasteiger partial charge in [0.15, 0.2) is 0 Å². The van der Waals surface area contributed by atoms with Gasteiger partial charge in [0.2, 0.25) is 11.9 Å². The van der Waals surface area contributed by atoms with Gasteiger partial charge in [-0.3, -0.25) is 10.1 Å². The lowest BCUT2D eigenvalue weighted by Gasteiger charge is -2.13. The van der Waals surface area contributed by atoms with Gasteiger partial charge in [-0.05, 0) is 13.0 Å². The predicted octanol–water partition coefficient (Wildman–Crippen LogP) is 1.61. The minimum Gasteiger partial charge on any atom is -0.478 e. The number of nitrogens with zero attached hydrogens (tertiary/aromatic N) is 2. The standard InChI is InChI=1S/C13H11N3O6/c1-7-6-14-11(15-7)13(19)22-10(12(17)18)8-4-2-3-5-9(8)16(20)21/h2-6,10H,1H3,(H,14,15)(H,17,18). The van der Waals surface area contributed by atoms with E-state index in [4.69, 9.17) is 4.74 Å². The predicted molar refractivity (Wildman–Crippen MR) is 72.2 cm³/mol. The van der Waals surface area contributed by atoms with E-state index >= 15 is 0 Å². The molecule has 2 aromatic rings. The molecule has 0 radical (unpaired) electrons. The molecule has 1 aromatic heterocycles. The molecule has 2 rings (SSSR count). The number of para-hydroxylation sites is 1. The maximum absolute atomic E-state index is 11.9. The normalized spacial score (nSPS) is 11.7. The van der Waals surface area contributed by atoms with Crippen LogP contribution in [0.25, 0.3) is 0 Å². The first-order valence-electron chi connectivity index (χ1n) is 6.09. The van der Waals surface area contributed by atoms with Crippen molar-refractivity contribution < 1.29 is 24.4 Å². The molecule has 2 N–H and O–H groups in total. The molecule has 0 saturated carbocycles. The van der Waals surface area contributed by atoms with Crippen molar-refractivity contribution in [2.45, 2.75) is 13.0 Å². The van der Waals surface area contributed by atoms with Crippen LogP contribution < -0.4 is 0 Å². The Labute approximate surface area is 123 Å². The van der Waals surface area contributed by atoms with E-state index in [2.05, 4.69) is 9.97 Å². The summed E-state index contributed by atoms with van der Waals surface area (Å²) in [6, 6.07) is 5.16. The number of hydrogen-bond acceptors (Lipinski definition) is 6. The number of nitro groups is 1. The molecule has 0 amide bonds. The van der Waals surface area contributed by atoms with Crippen molar-refractivity contribution in [3.05, 3.63) is 57.7 Å². The second kappa shape index (κ2) is 6.04. The number of carbonyl (C=O) groups is 2. The minimum atomic E-state index is -1.81. The molecule has 1 atom stereocenters. The molecule has 0 bridgehead atoms. The molecule has 114 valence electrons. The molecule has 9 heteroatoms. The maximum Gasteiger partial charge on any atom is 0.375 e. The fraction of sp³-hybridized carbons (Fsp3) is 0.154. The third-order valence-corrected chi connectivity index (χ3v) is 2.76. The number of ether oxygens (including phenoxy) is 1. The molecule has 22 heavy (non-hydrogen) atoms. The van der Waals surface area contributed by atoms with Crippen LogP contribution in [-0.4, -0.2) is 31.9 Å². The number of aliphatic carboxylic acids is 1. The van der Waals surface area contributed by atoms with Crippen molar-refractivity contribution in [1.82, 2.24) is 9.97 Å². The summed E-state index contributed by atoms with van der Waals surface area (Å²) in [6.45, 7) is 1.63. The van der Waals surface area contributed by atoms with E-state index in [9.17, 15) is 24.8 Å². The number of imidazole rings is 1. The van der Waals surface area contributed by atoms with E-state index < -0.39 is 28.7 Å². The van der Waals surface area contributed by atoms with E-state index in [1.165, 1.54) is 24.4 Å². The highest BCUT2D eigenvalue weighted by molar-refractivity contribution is 5.88. The number of rotatable bonds is 5. The number of carboxylic acid groups (broad SMARTS) is 1. The van der Waals surface area contributed by atoms with E-state index in [-0.39, 0.29) is 11.4 Å². The average Bonchev–Trinajstić information content (AvgIpc) is 2.91. The van der Waals surface area contributed by atoms with Crippen LogP contribution in [0, 0.1) is 17.0 Å². The summed E-state index contributed by atoms with van der Waals surface area (Å²) in [7, 11) is 0. The Morgan fingerprint density at radius 1 is 1.41 bits per heavy atom. The van der Waals surface area contributed by atoms with Gasteiger partial charge in [0.1, 0.15) is 0 Å². The number of aromatic nitrogens is 2. The fourth-order valence-corrected chi connectivity index (χ4v) is 1.80. The number of aryl methyl sites for hydroxylation is 1. The number of benzene rings is 1. The first-order chi connectivity index (χ1) is 10.4. The topological polar surface area (TPSA) is 135 Å². The number of nitrogens with one attached hydrogen (secondary N) is 1. The van der Waals surface area contributed by atoms with Gasteiger partial charge in [-0.2, -0.15) is 0 Å². The monoisotopic (exact) mass is 305 g/mol. The summed E-state index contributed by atoms with van der Waals surface area (Å²) in [6.07, 6.45) is -0.364. The van der Waals surface area contributed by atoms with Gasteiger partial charge >= 0.3 is 11.9 Å². The van der Waals surface area contributed by atoms with Crippen LogP contribution >= 0.6 is 0 Å². The Kier molecular flexibility index (Phi) is 4.16. The number of nitro benzene ring substituents is 1. The number of carboxylic acids is 1. The zero-order valence-corrected chi connectivity index (χ0v) is 11.3. The van der Waals surface area contributed by atoms with Crippen LogP contribution in [0.3, 0.4) is 0 Å². The zero-order valence-electron chi connectivity index (χ0n) is 11.3. The molecular weight excluding hydrogens is 294 g/mol. The molecule has 0 saturated heterocycles. The van der Waals surface area contributed by atoms with Gasteiger partial charge in [0, 0.05) is 12.3 Å². The lowest BCUT2D eigenvalue weighted by Crippen LogP contribution is -2.21. The quantitative estimate of drug-likeness (QED) is 0.486. The van der Waals surface area contributed by atoms with Crippen molar-refractivity contribution >= 4 is 17.6 Å². The van der Waals surface area contributed by atoms with Gasteiger partial charge in [-0.15, -0.1) is 0 Å². The first-order valence-corrected chi connectivity index (χ1v) is 6.09. The number of aromatic amines is 1. The molecule has 0 aliphatic heterocycles. The number of esters is 1. The molecule has 0 spiro atoms. The Bertz CT molecular complexity index is 739. The molecule has 1 heterocycles. The summed E-state index contributed by atoms with van der Waals surface area (Å²) in [5.41, 5.74) is -0.153. The van der Waals surface area contributed by atoms with Crippen LogP contribution in [0.5, 0.6) is 0 Å². The zero-order chi connectivity index (χ0) is 16.3. The van der Waals surface area contributed by atoms with Crippen LogP contribution in [0.15, 0.2) is 30.5 Å². The number of carbonyl (C=O) groups excluding carboxylic acids is 1. The second-order valence-electron chi connectivity index (χ2n) is 4.33. The highest BCUT2D eigenvalue weighted by atomic mass is 16.6. The third kappa shape index (κ3) is 3.08. The lowest BCUT2D eigenvalue weighted by atomic mass is 10.1. The minimum absolute atomic E-state index is 0.178. The van der Waals surface area contributed by atoms with Crippen LogP contribution in [0.1, 0.15) is 28.0 Å². The summed E-state index contributed by atoms with van der Waals surface area (Å²) in [4.78, 5) is 39.8. The second-order valence-corrected chi connectivity index (χ2v) is 4.33. The average molecular weight is 305 g/mol. The fourth-order valence-electron chi connectivity index (χ4n) is 1.80. The molecule has 1 unspecified atom stereocenters. The first kappa shape index (κ1) is 15.2. The molecule has 0 aliphatic rings. The lowest BCUT2D eigenvalue weighted by molar-refractivity contribution is -0.386. The summed E-state index contributed by atoms with van der Waals surface area (Å²) in [5.74, 6) is -2.72. The molecular formula is C13H11N3O6. The Balaban J connectivity index is 2.34. The number of H-pyrrole nitrogens is 1. The SMILES string of the molecule is Cc1c[nH]c(C(=O)OC(C(=O)O)c2ccccc2[N+](=O)[O-])n1. The van der Waals surface area contributed by atoms with Crippen molar-refractivity contribution in [2.24, 2.45) is 0 Å². The Hall–Kier alpha value is -3.23. The van der Waals surface area contributed by atoms with Gasteiger partial charge in [-0.1, -0.05) is 12.1 Å². The molecule has 0 aliphatic carbocycles. The number of hydrogen-bond donors (Lipinski definition) is 2. The van der Waals surface area contributed by atoms with Crippen LogP contribution in [0.4, 0.5) is 5.69 Å². The highest BCUT2D eigenvalue weighted by Gasteiger charge is 2.32. The van der Waals surface area contributed by atoms with Gasteiger partial charge in [0.25, 0.3) is 5.69 Å². The Morgan fingerprint density at radius 2 is 2.09 bits per heavy atom. The smallest absolute Gasteiger partial charge is 0.375 e. The van der Waals surface area contributed by atoms with Crippen molar-refractivity contribution in [3.63, 3.8) is 0 Å². The van der Waals surface area contributed by atoms with E-state index in [1.807, 2.05) is 0 Å². The van der Waals surface area contributed by atoms with Crippen LogP contribution in [-0.2, 0) is 9.53 Å².